The van der Waals surface area contributed by atoms with E-state index in [0.717, 1.165) is 33.1 Å². The Labute approximate surface area is 306 Å². The molecular formula is C51H32O2. The van der Waals surface area contributed by atoms with Crippen LogP contribution in [0.2, 0.25) is 0 Å². The summed E-state index contributed by atoms with van der Waals surface area (Å²) < 4.78 is 12.1. The van der Waals surface area contributed by atoms with Gasteiger partial charge in [-0.25, -0.2) is 0 Å². The van der Waals surface area contributed by atoms with E-state index in [2.05, 4.69) is 176 Å². The van der Waals surface area contributed by atoms with Gasteiger partial charge in [0, 0.05) is 16.2 Å². The molecule has 0 amide bonds. The molecule has 0 N–H and O–H groups in total. The average molecular weight is 677 g/mol. The minimum atomic E-state index is 0.852. The smallest absolute Gasteiger partial charge is 0.143 e. The zero-order valence-corrected chi connectivity index (χ0v) is 29.1. The Bertz CT molecular complexity index is 3140. The number of furan rings is 1. The fourth-order valence-electron chi connectivity index (χ4n) is 8.84. The minimum Gasteiger partial charge on any atom is -0.497 e. The molecule has 53 heavy (non-hydrogen) atoms. The van der Waals surface area contributed by atoms with Crippen molar-refractivity contribution in [3.05, 3.63) is 176 Å². The molecule has 0 aliphatic carbocycles. The van der Waals surface area contributed by atoms with Crippen LogP contribution in [-0.2, 0) is 0 Å². The van der Waals surface area contributed by atoms with Crippen molar-refractivity contribution in [3.8, 4) is 39.1 Å². The third-order valence-electron chi connectivity index (χ3n) is 11.1. The van der Waals surface area contributed by atoms with Crippen molar-refractivity contribution in [2.75, 3.05) is 7.11 Å². The van der Waals surface area contributed by atoms with E-state index in [4.69, 9.17) is 9.15 Å². The van der Waals surface area contributed by atoms with Crippen molar-refractivity contribution in [2.24, 2.45) is 0 Å². The summed E-state index contributed by atoms with van der Waals surface area (Å²) in [6.45, 7) is 0. The molecule has 0 spiro atoms. The van der Waals surface area contributed by atoms with Crippen LogP contribution in [0.25, 0.3) is 109 Å². The largest absolute Gasteiger partial charge is 0.497 e. The standard InChI is InChI=1S/C51H32O2/c1-52-34-26-22-32(23-27-34)47-36-14-4-8-18-40(36)49(41-19-9-5-15-37(41)47)50-42-20-10-6-16-38(42)48(39-17-7-11-21-43(39)50)33-25-29-46-45(30-33)44-28-24-31-12-2-3-13-35(31)51(44)53-46/h2-30H,1H3. The first-order valence-electron chi connectivity index (χ1n) is 18.1. The van der Waals surface area contributed by atoms with E-state index in [1.807, 2.05) is 0 Å². The molecule has 0 aliphatic rings. The SMILES string of the molecule is COc1ccc(-c2c3ccccc3c(-c3c4ccccc4c(-c4ccc5oc6c7ccccc7ccc6c5c4)c4ccccc34)c3ccccc23)cc1. The summed E-state index contributed by atoms with van der Waals surface area (Å²) >= 11 is 0. The maximum absolute atomic E-state index is 6.54. The fourth-order valence-corrected chi connectivity index (χ4v) is 8.84. The van der Waals surface area contributed by atoms with Crippen LogP contribution in [0.4, 0.5) is 0 Å². The molecule has 11 rings (SSSR count). The second-order valence-corrected chi connectivity index (χ2v) is 13.9. The summed E-state index contributed by atoms with van der Waals surface area (Å²) in [6.07, 6.45) is 0. The number of benzene rings is 10. The Hall–Kier alpha value is -6.90. The van der Waals surface area contributed by atoms with Crippen LogP contribution in [0.15, 0.2) is 180 Å². The van der Waals surface area contributed by atoms with Gasteiger partial charge in [-0.05, 0) is 112 Å². The van der Waals surface area contributed by atoms with Crippen LogP contribution in [0.5, 0.6) is 5.75 Å². The average Bonchev–Trinajstić information content (AvgIpc) is 3.61. The number of fused-ring (bicyclic) bond motifs is 9. The van der Waals surface area contributed by atoms with E-state index >= 15 is 0 Å². The van der Waals surface area contributed by atoms with Crippen LogP contribution in [-0.4, -0.2) is 7.11 Å². The Morgan fingerprint density at radius 3 is 1.28 bits per heavy atom. The van der Waals surface area contributed by atoms with Crippen molar-refractivity contribution in [3.63, 3.8) is 0 Å². The lowest BCUT2D eigenvalue weighted by Gasteiger charge is -2.22. The van der Waals surface area contributed by atoms with Gasteiger partial charge in [-0.2, -0.15) is 0 Å². The molecule has 0 aliphatic heterocycles. The molecule has 1 aromatic heterocycles. The Morgan fingerprint density at radius 2 is 0.774 bits per heavy atom. The summed E-state index contributed by atoms with van der Waals surface area (Å²) in [7, 11) is 1.72. The molecule has 10 aromatic carbocycles. The predicted octanol–water partition coefficient (Wildman–Crippen LogP) is 14.4. The molecule has 0 saturated carbocycles. The second kappa shape index (κ2) is 11.6. The lowest BCUT2D eigenvalue weighted by molar-refractivity contribution is 0.415. The van der Waals surface area contributed by atoms with E-state index < -0.39 is 0 Å². The molecule has 0 atom stereocenters. The molecule has 0 fully saturated rings. The summed E-state index contributed by atoms with van der Waals surface area (Å²) in [4.78, 5) is 0. The highest BCUT2D eigenvalue weighted by Gasteiger charge is 2.23. The zero-order valence-electron chi connectivity index (χ0n) is 29.1. The molecule has 1 heterocycles. The monoisotopic (exact) mass is 676 g/mol. The molecule has 2 heteroatoms. The maximum Gasteiger partial charge on any atom is 0.143 e. The van der Waals surface area contributed by atoms with Gasteiger partial charge in [0.05, 0.1) is 7.11 Å². The quantitative estimate of drug-likeness (QED) is 0.173. The molecule has 2 nitrogen and oxygen atoms in total. The summed E-state index contributed by atoms with van der Waals surface area (Å²) in [5.74, 6) is 0.852. The van der Waals surface area contributed by atoms with Gasteiger partial charge in [-0.15, -0.1) is 0 Å². The van der Waals surface area contributed by atoms with E-state index in [1.54, 1.807) is 7.11 Å². The maximum atomic E-state index is 6.54. The van der Waals surface area contributed by atoms with E-state index in [9.17, 15) is 0 Å². The van der Waals surface area contributed by atoms with Gasteiger partial charge in [-0.3, -0.25) is 0 Å². The van der Waals surface area contributed by atoms with Crippen molar-refractivity contribution < 1.29 is 9.15 Å². The van der Waals surface area contributed by atoms with Crippen LogP contribution in [0.3, 0.4) is 0 Å². The second-order valence-electron chi connectivity index (χ2n) is 13.9. The first-order valence-corrected chi connectivity index (χ1v) is 18.1. The van der Waals surface area contributed by atoms with Gasteiger partial charge in [0.2, 0.25) is 0 Å². The minimum absolute atomic E-state index is 0.852. The highest BCUT2D eigenvalue weighted by molar-refractivity contribution is 6.30. The molecule has 0 unspecified atom stereocenters. The van der Waals surface area contributed by atoms with Gasteiger partial charge in [0.25, 0.3) is 0 Å². The third kappa shape index (κ3) is 4.39. The van der Waals surface area contributed by atoms with Gasteiger partial charge in [-0.1, -0.05) is 146 Å². The summed E-state index contributed by atoms with van der Waals surface area (Å²) in [5.41, 5.74) is 9.19. The first kappa shape index (κ1) is 29.8. The summed E-state index contributed by atoms with van der Waals surface area (Å²) in [5, 5.41) is 14.4. The third-order valence-corrected chi connectivity index (χ3v) is 11.1. The topological polar surface area (TPSA) is 22.4 Å². The van der Waals surface area contributed by atoms with E-state index in [0.29, 0.717) is 0 Å². The van der Waals surface area contributed by atoms with Crippen LogP contribution >= 0.6 is 0 Å². The normalized spacial score (nSPS) is 11.9. The number of ether oxygens (including phenoxy) is 1. The molecule has 11 aromatic rings. The summed E-state index contributed by atoms with van der Waals surface area (Å²) in [6, 6.07) is 63.7. The number of hydrogen-bond acceptors (Lipinski definition) is 2. The van der Waals surface area contributed by atoms with Gasteiger partial charge in [0.1, 0.15) is 16.9 Å². The lowest BCUT2D eigenvalue weighted by Crippen LogP contribution is -1.94. The van der Waals surface area contributed by atoms with Gasteiger partial charge in [0.15, 0.2) is 0 Å². The Kier molecular flexibility index (Phi) is 6.50. The van der Waals surface area contributed by atoms with Crippen molar-refractivity contribution in [1.82, 2.24) is 0 Å². The molecule has 0 saturated heterocycles. The molecular weight excluding hydrogens is 645 g/mol. The van der Waals surface area contributed by atoms with Crippen molar-refractivity contribution in [1.29, 1.82) is 0 Å². The van der Waals surface area contributed by atoms with E-state index in [1.165, 1.54) is 81.9 Å². The zero-order chi connectivity index (χ0) is 35.0. The predicted molar refractivity (Wildman–Crippen MR) is 224 cm³/mol. The van der Waals surface area contributed by atoms with Crippen molar-refractivity contribution >= 4 is 75.8 Å². The Morgan fingerprint density at radius 1 is 0.340 bits per heavy atom. The Balaban J connectivity index is 1.24. The number of rotatable bonds is 4. The van der Waals surface area contributed by atoms with E-state index in [-0.39, 0.29) is 0 Å². The number of hydrogen-bond donors (Lipinski definition) is 0. The molecule has 248 valence electrons. The van der Waals surface area contributed by atoms with Crippen molar-refractivity contribution in [2.45, 2.75) is 0 Å². The highest BCUT2D eigenvalue weighted by Crippen LogP contribution is 2.50. The van der Waals surface area contributed by atoms with Crippen LogP contribution < -0.4 is 4.74 Å². The highest BCUT2D eigenvalue weighted by atomic mass is 16.5. The molecule has 0 radical (unpaired) electrons. The first-order chi connectivity index (χ1) is 26.3. The lowest BCUT2D eigenvalue weighted by atomic mass is 9.81. The van der Waals surface area contributed by atoms with Gasteiger partial charge < -0.3 is 9.15 Å². The van der Waals surface area contributed by atoms with Crippen LogP contribution in [0.1, 0.15) is 0 Å². The molecule has 0 bridgehead atoms. The fraction of sp³-hybridized carbons (Fsp3) is 0.0196. The van der Waals surface area contributed by atoms with Gasteiger partial charge >= 0.3 is 0 Å². The number of methoxy groups -OCH3 is 1. The van der Waals surface area contributed by atoms with Crippen LogP contribution in [0, 0.1) is 0 Å².